The number of hydrogen-bond acceptors (Lipinski definition) is 7. The minimum atomic E-state index is -0.256. The van der Waals surface area contributed by atoms with Crippen LogP contribution < -0.4 is 5.63 Å². The summed E-state index contributed by atoms with van der Waals surface area (Å²) >= 11 is 0. The van der Waals surface area contributed by atoms with Crippen molar-refractivity contribution in [1.29, 1.82) is 0 Å². The van der Waals surface area contributed by atoms with Crippen molar-refractivity contribution in [1.82, 2.24) is 15.1 Å². The molecule has 0 saturated heterocycles. The number of benzene rings is 4. The van der Waals surface area contributed by atoms with Crippen molar-refractivity contribution in [3.8, 4) is 11.5 Å². The maximum absolute atomic E-state index is 11.1. The molecule has 3 heterocycles. The molecule has 0 N–H and O–H groups in total. The Morgan fingerprint density at radius 2 is 1.00 bits per heavy atom. The fraction of sp³-hybridized carbons (Fsp3) is 0.318. The van der Waals surface area contributed by atoms with Gasteiger partial charge in [0.2, 0.25) is 0 Å². The van der Waals surface area contributed by atoms with E-state index in [4.69, 9.17) is 13.4 Å². The molecule has 0 aliphatic heterocycles. The number of oxazole rings is 1. The Morgan fingerprint density at radius 3 is 1.49 bits per heavy atom. The summed E-state index contributed by atoms with van der Waals surface area (Å²) in [7, 11) is 0. The van der Waals surface area contributed by atoms with Crippen molar-refractivity contribution in [2.24, 2.45) is 0 Å². The van der Waals surface area contributed by atoms with Gasteiger partial charge in [0.15, 0.2) is 17.3 Å². The predicted molar refractivity (Wildman–Crippen MR) is 221 cm³/mol. The second-order valence-corrected chi connectivity index (χ2v) is 10.1. The third kappa shape index (κ3) is 16.8. The molecule has 0 aliphatic rings. The lowest BCUT2D eigenvalue weighted by Crippen LogP contribution is -2.01. The first-order valence-corrected chi connectivity index (χ1v) is 15.9. The summed E-state index contributed by atoms with van der Waals surface area (Å²) in [4.78, 5) is 19.3. The monoisotopic (exact) mass is 697 g/mol. The molecular formula is C44H63N3O4. The van der Waals surface area contributed by atoms with Crippen molar-refractivity contribution in [2.75, 3.05) is 0 Å². The largest absolute Gasteiger partial charge is 0.441 e. The van der Waals surface area contributed by atoms with Crippen LogP contribution in [0.25, 0.3) is 33.5 Å². The first kappa shape index (κ1) is 50.1. The number of hydrogen-bond donors (Lipinski definition) is 0. The highest BCUT2D eigenvalue weighted by Gasteiger charge is 2.04. The Balaban J connectivity index is -0.000000575. The molecule has 0 radical (unpaired) electrons. The summed E-state index contributed by atoms with van der Waals surface area (Å²) in [5.74, 6) is 1.97. The van der Waals surface area contributed by atoms with Gasteiger partial charge in [-0.1, -0.05) is 146 Å². The minimum absolute atomic E-state index is 0. The number of aryl methyl sites for hydroxylation is 6. The number of fused-ring (bicyclic) bond motifs is 2. The quantitative estimate of drug-likeness (QED) is 0.158. The zero-order valence-electron chi connectivity index (χ0n) is 29.3. The summed E-state index contributed by atoms with van der Waals surface area (Å²) in [5.41, 5.74) is 7.67. The Labute approximate surface area is 307 Å². The highest BCUT2D eigenvalue weighted by atomic mass is 16.5. The summed E-state index contributed by atoms with van der Waals surface area (Å²) in [6, 6.07) is 33.5. The average Bonchev–Trinajstić information content (AvgIpc) is 3.70. The van der Waals surface area contributed by atoms with Gasteiger partial charge >= 0.3 is 5.63 Å². The van der Waals surface area contributed by atoms with Crippen LogP contribution >= 0.6 is 0 Å². The normalized spacial score (nSPS) is 8.82. The van der Waals surface area contributed by atoms with Crippen molar-refractivity contribution >= 4 is 22.1 Å². The second kappa shape index (κ2) is 26.6. The summed E-state index contributed by atoms with van der Waals surface area (Å²) < 4.78 is 15.3. The van der Waals surface area contributed by atoms with E-state index in [-0.39, 0.29) is 35.3 Å². The van der Waals surface area contributed by atoms with E-state index in [0.29, 0.717) is 22.9 Å². The van der Waals surface area contributed by atoms with Crippen LogP contribution in [-0.2, 0) is 0 Å². The third-order valence-electron chi connectivity index (χ3n) is 6.26. The van der Waals surface area contributed by atoms with E-state index in [9.17, 15) is 4.79 Å². The lowest BCUT2D eigenvalue weighted by Gasteiger charge is -1.95. The van der Waals surface area contributed by atoms with Gasteiger partial charge in [0.1, 0.15) is 11.1 Å². The fourth-order valence-electron chi connectivity index (χ4n) is 3.90. The molecule has 0 atom stereocenters. The van der Waals surface area contributed by atoms with E-state index in [1.54, 1.807) is 19.9 Å². The Bertz CT molecular complexity index is 1900. The van der Waals surface area contributed by atoms with Crippen molar-refractivity contribution in [3.05, 3.63) is 148 Å². The summed E-state index contributed by atoms with van der Waals surface area (Å²) in [6.45, 7) is 19.6. The van der Waals surface area contributed by atoms with E-state index in [2.05, 4.69) is 53.2 Å². The highest BCUT2D eigenvalue weighted by Crippen LogP contribution is 2.17. The van der Waals surface area contributed by atoms with Gasteiger partial charge in [-0.3, -0.25) is 0 Å². The van der Waals surface area contributed by atoms with E-state index in [0.717, 1.165) is 27.9 Å². The van der Waals surface area contributed by atoms with Gasteiger partial charge in [-0.2, -0.15) is 4.98 Å². The third-order valence-corrected chi connectivity index (χ3v) is 6.26. The van der Waals surface area contributed by atoms with Gasteiger partial charge in [0.05, 0.1) is 0 Å². The zero-order valence-corrected chi connectivity index (χ0v) is 29.3. The maximum atomic E-state index is 11.1. The molecule has 0 bridgehead atoms. The molecule has 0 aliphatic carbocycles. The van der Waals surface area contributed by atoms with Gasteiger partial charge in [-0.15, -0.1) is 0 Å². The molecule has 7 aromatic rings. The molecule has 7 nitrogen and oxygen atoms in total. The van der Waals surface area contributed by atoms with Gasteiger partial charge in [-0.25, -0.2) is 9.78 Å². The average molecular weight is 698 g/mol. The van der Waals surface area contributed by atoms with E-state index in [1.165, 1.54) is 16.7 Å². The molecular weight excluding hydrogens is 635 g/mol. The molecule has 0 spiro atoms. The molecule has 0 saturated carbocycles. The topological polar surface area (TPSA) is 95.2 Å². The van der Waals surface area contributed by atoms with Crippen LogP contribution in [0.4, 0.5) is 0 Å². The Kier molecular flexibility index (Phi) is 26.1. The maximum Gasteiger partial charge on any atom is 0.339 e. The van der Waals surface area contributed by atoms with Crippen molar-refractivity contribution in [2.45, 2.75) is 98.9 Å². The lowest BCUT2D eigenvalue weighted by molar-refractivity contribution is 0.425. The molecule has 278 valence electrons. The first-order valence-electron chi connectivity index (χ1n) is 15.9. The van der Waals surface area contributed by atoms with Gasteiger partial charge in [0.25, 0.3) is 5.89 Å². The molecule has 4 aromatic carbocycles. The molecule has 0 amide bonds. The van der Waals surface area contributed by atoms with E-state index >= 15 is 0 Å². The smallest absolute Gasteiger partial charge is 0.339 e. The lowest BCUT2D eigenvalue weighted by atomic mass is 10.1. The molecule has 51 heavy (non-hydrogen) atoms. The van der Waals surface area contributed by atoms with Crippen LogP contribution in [0.2, 0.25) is 0 Å². The number of para-hydroxylation sites is 3. The second-order valence-electron chi connectivity index (χ2n) is 10.1. The number of nitrogens with zero attached hydrogens (tertiary/aromatic N) is 3. The molecule has 3 aromatic heterocycles. The first-order chi connectivity index (χ1) is 22.7. The molecule has 7 heteroatoms. The van der Waals surface area contributed by atoms with Crippen LogP contribution in [0.3, 0.4) is 0 Å². The standard InChI is InChI=1S/C10H10N2O.C10H8O2.C8H7NO.C8H10.2C2H6.4CH4/c1-7-3-5-9(6-4-7)10-11-8(2)12-13-10;1-7-6-8-4-2-3-5-9(8)12-10(7)11;1-6-9-7-4-2-3-5-8(7)10-6;1-7-3-5-8(2)6-4-7;2*1-2;;;;/h3-6H,1-2H3;2-6H,1H3;2-5H,1H3;3-6H,1-2H3;2*1-2H3;4*1H4. The van der Waals surface area contributed by atoms with E-state index < -0.39 is 0 Å². The van der Waals surface area contributed by atoms with Gasteiger partial charge < -0.3 is 13.4 Å². The van der Waals surface area contributed by atoms with Crippen LogP contribution in [0.15, 0.2) is 121 Å². The Morgan fingerprint density at radius 1 is 0.529 bits per heavy atom. The molecule has 0 fully saturated rings. The van der Waals surface area contributed by atoms with E-state index in [1.807, 2.05) is 114 Å². The predicted octanol–water partition coefficient (Wildman–Crippen LogP) is 13.5. The SMILES string of the molecule is C.C.C.C.CC.CC.Cc1cc2ccccc2oc1=O.Cc1ccc(-c2nc(C)no2)cc1.Cc1ccc(C)cc1.Cc1nc2ccccc2o1. The Hall–Kier alpha value is -5.30. The number of rotatable bonds is 1. The van der Waals surface area contributed by atoms with Gasteiger partial charge in [-0.05, 0) is 71.0 Å². The number of aromatic nitrogens is 3. The van der Waals surface area contributed by atoms with Crippen molar-refractivity contribution < 1.29 is 13.4 Å². The van der Waals surface area contributed by atoms with Crippen molar-refractivity contribution in [3.63, 3.8) is 0 Å². The van der Waals surface area contributed by atoms with Crippen LogP contribution in [0.1, 0.15) is 91.4 Å². The summed E-state index contributed by atoms with van der Waals surface area (Å²) in [5, 5.41) is 4.70. The minimum Gasteiger partial charge on any atom is -0.441 e. The fourth-order valence-corrected chi connectivity index (χ4v) is 3.90. The van der Waals surface area contributed by atoms with Crippen LogP contribution in [-0.4, -0.2) is 15.1 Å². The molecule has 7 rings (SSSR count). The van der Waals surface area contributed by atoms with Crippen LogP contribution in [0, 0.1) is 41.5 Å². The zero-order chi connectivity index (χ0) is 34.8. The van der Waals surface area contributed by atoms with Gasteiger partial charge in [0, 0.05) is 23.4 Å². The summed E-state index contributed by atoms with van der Waals surface area (Å²) in [6.07, 6.45) is 0. The van der Waals surface area contributed by atoms with Crippen LogP contribution in [0.5, 0.6) is 0 Å². The molecule has 0 unspecified atom stereocenters. The highest BCUT2D eigenvalue weighted by molar-refractivity contribution is 5.76.